The van der Waals surface area contributed by atoms with Gasteiger partial charge in [0.2, 0.25) is 0 Å². The fourth-order valence-electron chi connectivity index (χ4n) is 4.69. The Kier molecular flexibility index (Phi) is 2.40. The Bertz CT molecular complexity index is 522. The molecule has 2 fully saturated rings. The number of hydrogen-bond donors (Lipinski definition) is 2. The van der Waals surface area contributed by atoms with Gasteiger partial charge < -0.3 is 10.2 Å². The first-order valence-electron chi connectivity index (χ1n) is 6.87. The van der Waals surface area contributed by atoms with Crippen LogP contribution in [0.15, 0.2) is 30.3 Å². The summed E-state index contributed by atoms with van der Waals surface area (Å²) in [6.45, 7) is 4.00. The number of benzene rings is 1. The number of aliphatic hydroxyl groups is 1. The van der Waals surface area contributed by atoms with Gasteiger partial charge in [0.05, 0.1) is 0 Å². The first-order chi connectivity index (χ1) is 8.86. The third-order valence-corrected chi connectivity index (χ3v) is 5.85. The zero-order chi connectivity index (χ0) is 13.9. The third-order valence-electron chi connectivity index (χ3n) is 5.85. The van der Waals surface area contributed by atoms with Crippen LogP contribution in [0.4, 0.5) is 0 Å². The molecule has 2 saturated carbocycles. The second-order valence-electron chi connectivity index (χ2n) is 6.60. The number of fused-ring (bicyclic) bond motifs is 2. The molecule has 3 nitrogen and oxygen atoms in total. The van der Waals surface area contributed by atoms with Crippen molar-refractivity contribution in [3.8, 4) is 0 Å². The van der Waals surface area contributed by atoms with E-state index in [0.717, 1.165) is 12.0 Å². The van der Waals surface area contributed by atoms with E-state index < -0.39 is 17.0 Å². The van der Waals surface area contributed by atoms with Gasteiger partial charge in [-0.1, -0.05) is 44.2 Å². The monoisotopic (exact) mass is 260 g/mol. The molecule has 3 heteroatoms. The van der Waals surface area contributed by atoms with Crippen LogP contribution in [-0.2, 0) is 10.4 Å². The molecule has 0 heterocycles. The van der Waals surface area contributed by atoms with E-state index in [1.54, 1.807) is 0 Å². The summed E-state index contributed by atoms with van der Waals surface area (Å²) in [6.07, 6.45) is 2.01. The second-order valence-corrected chi connectivity index (χ2v) is 6.60. The van der Waals surface area contributed by atoms with Gasteiger partial charge in [0.1, 0.15) is 11.0 Å². The highest BCUT2D eigenvalue weighted by molar-refractivity contribution is 5.79. The topological polar surface area (TPSA) is 57.5 Å². The third kappa shape index (κ3) is 1.24. The molecular formula is C16H20O3. The highest BCUT2D eigenvalue weighted by Crippen LogP contribution is 2.72. The van der Waals surface area contributed by atoms with Gasteiger partial charge in [-0.3, -0.25) is 4.79 Å². The Morgan fingerprint density at radius 2 is 1.89 bits per heavy atom. The molecule has 0 saturated heterocycles. The fourth-order valence-corrected chi connectivity index (χ4v) is 4.69. The Morgan fingerprint density at radius 1 is 1.26 bits per heavy atom. The van der Waals surface area contributed by atoms with Crippen LogP contribution in [0.3, 0.4) is 0 Å². The second kappa shape index (κ2) is 3.60. The van der Waals surface area contributed by atoms with Crippen molar-refractivity contribution < 1.29 is 15.0 Å². The largest absolute Gasteiger partial charge is 0.481 e. The van der Waals surface area contributed by atoms with E-state index in [0.29, 0.717) is 12.8 Å². The number of hydrogen-bond acceptors (Lipinski definition) is 2. The summed E-state index contributed by atoms with van der Waals surface area (Å²) in [6, 6.07) is 9.31. The minimum Gasteiger partial charge on any atom is -0.481 e. The summed E-state index contributed by atoms with van der Waals surface area (Å²) in [7, 11) is 0. The lowest BCUT2D eigenvalue weighted by atomic mass is 9.61. The van der Waals surface area contributed by atoms with Gasteiger partial charge in [-0.25, -0.2) is 0 Å². The van der Waals surface area contributed by atoms with Crippen LogP contribution in [0.5, 0.6) is 0 Å². The molecule has 3 rings (SSSR count). The molecule has 19 heavy (non-hydrogen) atoms. The summed E-state index contributed by atoms with van der Waals surface area (Å²) >= 11 is 0. The lowest BCUT2D eigenvalue weighted by Gasteiger charge is -2.44. The normalized spacial score (nSPS) is 39.4. The molecule has 0 radical (unpaired) electrons. The Hall–Kier alpha value is -1.35. The SMILES string of the molecule is CC1(C)[C@@H]2CC[C@@]1(C(=O)O)C(O)(c1ccccc1)C2. The first kappa shape index (κ1) is 12.7. The number of carboxylic acid groups (broad SMARTS) is 1. The molecule has 0 aliphatic heterocycles. The molecule has 1 aromatic carbocycles. The summed E-state index contributed by atoms with van der Waals surface area (Å²) in [5, 5.41) is 21.1. The van der Waals surface area contributed by atoms with Crippen molar-refractivity contribution >= 4 is 5.97 Å². The van der Waals surface area contributed by atoms with E-state index in [9.17, 15) is 15.0 Å². The van der Waals surface area contributed by atoms with Gasteiger partial charge >= 0.3 is 5.97 Å². The van der Waals surface area contributed by atoms with Crippen LogP contribution < -0.4 is 0 Å². The van der Waals surface area contributed by atoms with Crippen molar-refractivity contribution in [1.29, 1.82) is 0 Å². The summed E-state index contributed by atoms with van der Waals surface area (Å²) < 4.78 is 0. The van der Waals surface area contributed by atoms with Gasteiger partial charge in [0.15, 0.2) is 0 Å². The maximum absolute atomic E-state index is 12.0. The molecule has 102 valence electrons. The van der Waals surface area contributed by atoms with Crippen LogP contribution in [0.2, 0.25) is 0 Å². The van der Waals surface area contributed by atoms with E-state index in [2.05, 4.69) is 0 Å². The minimum absolute atomic E-state index is 0.272. The molecule has 3 atom stereocenters. The van der Waals surface area contributed by atoms with E-state index in [1.807, 2.05) is 44.2 Å². The minimum atomic E-state index is -1.24. The average Bonchev–Trinajstić information content (AvgIpc) is 2.73. The van der Waals surface area contributed by atoms with Crippen LogP contribution in [0.1, 0.15) is 38.7 Å². The molecule has 1 aromatic rings. The van der Waals surface area contributed by atoms with Crippen LogP contribution in [0.25, 0.3) is 0 Å². The summed E-state index contributed by atoms with van der Waals surface area (Å²) in [4.78, 5) is 12.0. The molecule has 0 amide bonds. The fraction of sp³-hybridized carbons (Fsp3) is 0.562. The number of carboxylic acids is 1. The van der Waals surface area contributed by atoms with Crippen molar-refractivity contribution in [1.82, 2.24) is 0 Å². The van der Waals surface area contributed by atoms with E-state index in [-0.39, 0.29) is 11.3 Å². The van der Waals surface area contributed by atoms with Crippen molar-refractivity contribution in [3.63, 3.8) is 0 Å². The van der Waals surface area contributed by atoms with E-state index >= 15 is 0 Å². The molecule has 2 aliphatic carbocycles. The molecule has 0 aromatic heterocycles. The highest BCUT2D eigenvalue weighted by atomic mass is 16.4. The smallest absolute Gasteiger partial charge is 0.313 e. The maximum atomic E-state index is 12.0. The number of carbonyl (C=O) groups is 1. The molecule has 2 N–H and O–H groups in total. The van der Waals surface area contributed by atoms with Crippen LogP contribution >= 0.6 is 0 Å². The van der Waals surface area contributed by atoms with Crippen LogP contribution in [-0.4, -0.2) is 16.2 Å². The van der Waals surface area contributed by atoms with Gasteiger partial charge in [-0.05, 0) is 36.2 Å². The van der Waals surface area contributed by atoms with Crippen molar-refractivity contribution in [2.45, 2.75) is 38.7 Å². The van der Waals surface area contributed by atoms with Gasteiger partial charge in [0.25, 0.3) is 0 Å². The first-order valence-corrected chi connectivity index (χ1v) is 6.87. The van der Waals surface area contributed by atoms with Crippen molar-refractivity contribution in [2.75, 3.05) is 0 Å². The zero-order valence-corrected chi connectivity index (χ0v) is 11.4. The summed E-state index contributed by atoms with van der Waals surface area (Å²) in [5.74, 6) is -0.586. The van der Waals surface area contributed by atoms with E-state index in [1.165, 1.54) is 0 Å². The van der Waals surface area contributed by atoms with Gasteiger partial charge in [0, 0.05) is 0 Å². The Morgan fingerprint density at radius 3 is 2.42 bits per heavy atom. The van der Waals surface area contributed by atoms with Gasteiger partial charge in [-0.2, -0.15) is 0 Å². The standard InChI is InChI=1S/C16H20O3/c1-14(2)12-8-9-15(14,13(17)18)16(19,10-12)11-6-4-3-5-7-11/h3-7,12,19H,8-10H2,1-2H3,(H,17,18)/t12-,15+,16?/m1/s1. The Labute approximate surface area is 113 Å². The lowest BCUT2D eigenvalue weighted by molar-refractivity contribution is -0.178. The van der Waals surface area contributed by atoms with E-state index in [4.69, 9.17) is 0 Å². The molecular weight excluding hydrogens is 240 g/mol. The number of aliphatic carboxylic acids is 1. The Balaban J connectivity index is 2.22. The quantitative estimate of drug-likeness (QED) is 0.859. The van der Waals surface area contributed by atoms with Crippen molar-refractivity contribution in [2.24, 2.45) is 16.7 Å². The average molecular weight is 260 g/mol. The molecule has 2 bridgehead atoms. The predicted molar refractivity (Wildman–Crippen MR) is 71.5 cm³/mol. The van der Waals surface area contributed by atoms with Crippen LogP contribution in [0, 0.1) is 16.7 Å². The predicted octanol–water partition coefficient (Wildman–Crippen LogP) is 2.79. The zero-order valence-electron chi connectivity index (χ0n) is 11.4. The molecule has 0 spiro atoms. The van der Waals surface area contributed by atoms with Gasteiger partial charge in [-0.15, -0.1) is 0 Å². The molecule has 2 aliphatic rings. The van der Waals surface area contributed by atoms with Crippen molar-refractivity contribution in [3.05, 3.63) is 35.9 Å². The maximum Gasteiger partial charge on any atom is 0.313 e. The summed E-state index contributed by atoms with van der Waals surface area (Å²) in [5.41, 5.74) is -1.94. The molecule has 1 unspecified atom stereocenters. The number of rotatable bonds is 2. The highest BCUT2D eigenvalue weighted by Gasteiger charge is 2.75. The lowest BCUT2D eigenvalue weighted by Crippen LogP contribution is -2.52.